The molecule has 1 aliphatic rings. The molecule has 8 heteroatoms. The lowest BCUT2D eigenvalue weighted by Crippen LogP contribution is -2.41. The predicted octanol–water partition coefficient (Wildman–Crippen LogP) is 4.40. The molecule has 0 unspecified atom stereocenters. The Morgan fingerprint density at radius 1 is 1.03 bits per heavy atom. The molecular formula is C26H25N5O2S. The van der Waals surface area contributed by atoms with Gasteiger partial charge in [-0.05, 0) is 48.4 Å². The summed E-state index contributed by atoms with van der Waals surface area (Å²) in [4.78, 5) is 19.3. The SMILES string of the molecule is Cc1cccc(-n2c(SCc3ccccc3C(=O)N3CCOCC3)nnc2-c2cccnc2)c1. The van der Waals surface area contributed by atoms with Gasteiger partial charge in [-0.25, -0.2) is 0 Å². The minimum absolute atomic E-state index is 0.0516. The number of carbonyl (C=O) groups excluding carboxylic acids is 1. The highest BCUT2D eigenvalue weighted by Gasteiger charge is 2.22. The summed E-state index contributed by atoms with van der Waals surface area (Å²) in [6, 6.07) is 19.9. The molecule has 1 aliphatic heterocycles. The van der Waals surface area contributed by atoms with Crippen LogP contribution in [0.25, 0.3) is 17.1 Å². The second-order valence-corrected chi connectivity index (χ2v) is 9.02. The Balaban J connectivity index is 1.46. The van der Waals surface area contributed by atoms with Crippen LogP contribution < -0.4 is 0 Å². The molecule has 1 fully saturated rings. The fourth-order valence-electron chi connectivity index (χ4n) is 3.98. The number of benzene rings is 2. The van der Waals surface area contributed by atoms with E-state index in [4.69, 9.17) is 4.74 Å². The van der Waals surface area contributed by atoms with Crippen molar-refractivity contribution in [1.29, 1.82) is 0 Å². The van der Waals surface area contributed by atoms with Crippen LogP contribution in [0.15, 0.2) is 78.2 Å². The topological polar surface area (TPSA) is 73.1 Å². The van der Waals surface area contributed by atoms with Crippen molar-refractivity contribution in [2.24, 2.45) is 0 Å². The number of amides is 1. The third kappa shape index (κ3) is 4.73. The molecular weight excluding hydrogens is 446 g/mol. The highest BCUT2D eigenvalue weighted by molar-refractivity contribution is 7.98. The molecule has 0 atom stereocenters. The van der Waals surface area contributed by atoms with Crippen LogP contribution in [-0.4, -0.2) is 56.9 Å². The first-order valence-electron chi connectivity index (χ1n) is 11.2. The molecule has 0 bridgehead atoms. The van der Waals surface area contributed by atoms with Crippen molar-refractivity contribution < 1.29 is 9.53 Å². The number of nitrogens with zero attached hydrogens (tertiary/aromatic N) is 5. The van der Waals surface area contributed by atoms with Crippen molar-refractivity contribution >= 4 is 17.7 Å². The summed E-state index contributed by atoms with van der Waals surface area (Å²) in [6.07, 6.45) is 3.54. The molecule has 172 valence electrons. The molecule has 0 N–H and O–H groups in total. The van der Waals surface area contributed by atoms with E-state index in [2.05, 4.69) is 44.9 Å². The first kappa shape index (κ1) is 22.3. The Bertz CT molecular complexity index is 1290. The summed E-state index contributed by atoms with van der Waals surface area (Å²) in [6.45, 7) is 4.48. The largest absolute Gasteiger partial charge is 0.378 e. The number of ether oxygens (including phenoxy) is 1. The zero-order chi connectivity index (χ0) is 23.3. The maximum atomic E-state index is 13.2. The average Bonchev–Trinajstić information content (AvgIpc) is 3.32. The van der Waals surface area contributed by atoms with E-state index in [1.54, 1.807) is 24.2 Å². The van der Waals surface area contributed by atoms with E-state index in [-0.39, 0.29) is 5.91 Å². The van der Waals surface area contributed by atoms with Gasteiger partial charge < -0.3 is 9.64 Å². The quantitative estimate of drug-likeness (QED) is 0.388. The lowest BCUT2D eigenvalue weighted by Gasteiger charge is -2.27. The molecule has 0 aliphatic carbocycles. The Morgan fingerprint density at radius 2 is 1.88 bits per heavy atom. The van der Waals surface area contributed by atoms with Gasteiger partial charge in [-0.15, -0.1) is 10.2 Å². The van der Waals surface area contributed by atoms with Crippen LogP contribution in [0.1, 0.15) is 21.5 Å². The molecule has 1 amide bonds. The summed E-state index contributed by atoms with van der Waals surface area (Å²) >= 11 is 1.57. The van der Waals surface area contributed by atoms with Gasteiger partial charge in [0.2, 0.25) is 0 Å². The third-order valence-electron chi connectivity index (χ3n) is 5.72. The van der Waals surface area contributed by atoms with Gasteiger partial charge in [-0.2, -0.15) is 0 Å². The fraction of sp³-hybridized carbons (Fsp3) is 0.231. The van der Waals surface area contributed by atoms with Crippen molar-refractivity contribution in [1.82, 2.24) is 24.6 Å². The molecule has 34 heavy (non-hydrogen) atoms. The van der Waals surface area contributed by atoms with E-state index in [0.717, 1.165) is 38.9 Å². The molecule has 7 nitrogen and oxygen atoms in total. The van der Waals surface area contributed by atoms with Gasteiger partial charge in [0.15, 0.2) is 11.0 Å². The molecule has 5 rings (SSSR count). The number of aromatic nitrogens is 4. The third-order valence-corrected chi connectivity index (χ3v) is 6.69. The average molecular weight is 472 g/mol. The molecule has 2 aromatic carbocycles. The Labute approximate surface area is 202 Å². The zero-order valence-electron chi connectivity index (χ0n) is 18.9. The molecule has 1 saturated heterocycles. The first-order chi connectivity index (χ1) is 16.7. The molecule has 2 aromatic heterocycles. The molecule has 0 radical (unpaired) electrons. The van der Waals surface area contributed by atoms with Crippen LogP contribution >= 0.6 is 11.8 Å². The minimum Gasteiger partial charge on any atom is -0.378 e. The first-order valence-corrected chi connectivity index (χ1v) is 12.2. The molecule has 3 heterocycles. The lowest BCUT2D eigenvalue weighted by atomic mass is 10.1. The lowest BCUT2D eigenvalue weighted by molar-refractivity contribution is 0.0302. The zero-order valence-corrected chi connectivity index (χ0v) is 19.7. The van der Waals surface area contributed by atoms with Crippen molar-refractivity contribution in [2.45, 2.75) is 17.8 Å². The Hall–Kier alpha value is -3.49. The normalized spacial score (nSPS) is 13.7. The number of hydrogen-bond acceptors (Lipinski definition) is 6. The smallest absolute Gasteiger partial charge is 0.254 e. The van der Waals surface area contributed by atoms with E-state index in [0.29, 0.717) is 32.1 Å². The van der Waals surface area contributed by atoms with E-state index in [1.807, 2.05) is 47.4 Å². The van der Waals surface area contributed by atoms with Crippen LogP contribution in [0.5, 0.6) is 0 Å². The number of carbonyl (C=O) groups is 1. The highest BCUT2D eigenvalue weighted by atomic mass is 32.2. The van der Waals surface area contributed by atoms with Crippen LogP contribution in [0.4, 0.5) is 0 Å². The molecule has 0 saturated carbocycles. The van der Waals surface area contributed by atoms with Gasteiger partial charge in [-0.1, -0.05) is 42.1 Å². The summed E-state index contributed by atoms with van der Waals surface area (Å²) in [5, 5.41) is 9.78. The summed E-state index contributed by atoms with van der Waals surface area (Å²) in [5.74, 6) is 1.39. The molecule has 4 aromatic rings. The number of morpholine rings is 1. The van der Waals surface area contributed by atoms with E-state index in [9.17, 15) is 4.79 Å². The summed E-state index contributed by atoms with van der Waals surface area (Å²) < 4.78 is 7.46. The van der Waals surface area contributed by atoms with Crippen molar-refractivity contribution in [2.75, 3.05) is 26.3 Å². The maximum Gasteiger partial charge on any atom is 0.254 e. The van der Waals surface area contributed by atoms with E-state index < -0.39 is 0 Å². The van der Waals surface area contributed by atoms with Crippen LogP contribution in [-0.2, 0) is 10.5 Å². The van der Waals surface area contributed by atoms with Crippen LogP contribution in [0.3, 0.4) is 0 Å². The number of rotatable bonds is 6. The monoisotopic (exact) mass is 471 g/mol. The van der Waals surface area contributed by atoms with Gasteiger partial charge in [0, 0.05) is 48.1 Å². The standard InChI is InChI=1S/C26H25N5O2S/c1-19-6-4-9-22(16-19)31-24(20-8-5-11-27-17-20)28-29-26(31)34-18-21-7-2-3-10-23(21)25(32)30-12-14-33-15-13-30/h2-11,16-17H,12-15,18H2,1H3. The van der Waals surface area contributed by atoms with Gasteiger partial charge in [0.05, 0.1) is 13.2 Å². The minimum atomic E-state index is 0.0516. The van der Waals surface area contributed by atoms with Crippen molar-refractivity contribution in [3.63, 3.8) is 0 Å². The summed E-state index contributed by atoms with van der Waals surface area (Å²) in [7, 11) is 0. The highest BCUT2D eigenvalue weighted by Crippen LogP contribution is 2.30. The Morgan fingerprint density at radius 3 is 2.68 bits per heavy atom. The van der Waals surface area contributed by atoms with E-state index >= 15 is 0 Å². The maximum absolute atomic E-state index is 13.2. The van der Waals surface area contributed by atoms with Crippen LogP contribution in [0.2, 0.25) is 0 Å². The van der Waals surface area contributed by atoms with Gasteiger partial charge >= 0.3 is 0 Å². The number of pyridine rings is 1. The Kier molecular flexibility index (Phi) is 6.69. The van der Waals surface area contributed by atoms with Crippen molar-refractivity contribution in [3.8, 4) is 17.1 Å². The van der Waals surface area contributed by atoms with E-state index in [1.165, 1.54) is 0 Å². The van der Waals surface area contributed by atoms with Gasteiger partial charge in [-0.3, -0.25) is 14.3 Å². The van der Waals surface area contributed by atoms with Crippen molar-refractivity contribution in [3.05, 3.63) is 89.7 Å². The number of thioether (sulfide) groups is 1. The fourth-order valence-corrected chi connectivity index (χ4v) is 4.93. The second-order valence-electron chi connectivity index (χ2n) is 8.07. The number of hydrogen-bond donors (Lipinski definition) is 0. The molecule has 0 spiro atoms. The summed E-state index contributed by atoms with van der Waals surface area (Å²) in [5.41, 5.74) is 4.74. The predicted molar refractivity (Wildman–Crippen MR) is 132 cm³/mol. The second kappa shape index (κ2) is 10.2. The number of aryl methyl sites for hydroxylation is 1. The van der Waals surface area contributed by atoms with Gasteiger partial charge in [0.25, 0.3) is 5.91 Å². The van der Waals surface area contributed by atoms with Crippen LogP contribution in [0, 0.1) is 6.92 Å². The van der Waals surface area contributed by atoms with Gasteiger partial charge in [0.1, 0.15) is 0 Å².